The highest BCUT2D eigenvalue weighted by atomic mass is 16.1. The lowest BCUT2D eigenvalue weighted by atomic mass is 9.85. The molecule has 0 radical (unpaired) electrons. The summed E-state index contributed by atoms with van der Waals surface area (Å²) in [5, 5.41) is 3.33. The van der Waals surface area contributed by atoms with Gasteiger partial charge in [0.1, 0.15) is 0 Å². The fraction of sp³-hybridized carbons (Fsp3) is 0.318. The third-order valence-electron chi connectivity index (χ3n) is 5.11. The summed E-state index contributed by atoms with van der Waals surface area (Å²) in [5.74, 6) is 0.860. The molecule has 3 rings (SSSR count). The van der Waals surface area contributed by atoms with Gasteiger partial charge in [-0.2, -0.15) is 0 Å². The number of allylic oxidation sites excluding steroid dienone is 4. The Labute approximate surface area is 144 Å². The first kappa shape index (κ1) is 16.5. The Balaban J connectivity index is 1.89. The Morgan fingerprint density at radius 2 is 1.88 bits per heavy atom. The molecule has 24 heavy (non-hydrogen) atoms. The third-order valence-corrected chi connectivity index (χ3v) is 5.11. The van der Waals surface area contributed by atoms with Gasteiger partial charge in [0.05, 0.1) is 5.70 Å². The molecule has 2 nitrogen and oxygen atoms in total. The predicted octanol–water partition coefficient (Wildman–Crippen LogP) is 5.11. The first-order valence-electron chi connectivity index (χ1n) is 8.67. The minimum atomic E-state index is -0.0293. The Morgan fingerprint density at radius 1 is 1.17 bits per heavy atom. The lowest BCUT2D eigenvalue weighted by Crippen LogP contribution is -2.27. The van der Waals surface area contributed by atoms with Crippen LogP contribution in [0.2, 0.25) is 0 Å². The van der Waals surface area contributed by atoms with Crippen LogP contribution in [-0.4, -0.2) is 5.78 Å². The molecule has 2 aliphatic carbocycles. The van der Waals surface area contributed by atoms with Crippen LogP contribution >= 0.6 is 0 Å². The quantitative estimate of drug-likeness (QED) is 0.619. The number of carbonyl (C=O) groups is 1. The topological polar surface area (TPSA) is 29.1 Å². The maximum Gasteiger partial charge on any atom is 0.209 e. The van der Waals surface area contributed by atoms with Crippen molar-refractivity contribution in [1.82, 2.24) is 5.32 Å². The molecule has 0 heterocycles. The molecule has 1 aromatic carbocycles. The largest absolute Gasteiger partial charge is 0.355 e. The van der Waals surface area contributed by atoms with Crippen molar-refractivity contribution in [1.29, 1.82) is 0 Å². The van der Waals surface area contributed by atoms with E-state index in [4.69, 9.17) is 0 Å². The molecule has 124 valence electrons. The van der Waals surface area contributed by atoms with E-state index in [1.165, 1.54) is 12.8 Å². The van der Waals surface area contributed by atoms with Crippen LogP contribution in [0.4, 0.5) is 0 Å². The summed E-state index contributed by atoms with van der Waals surface area (Å²) in [4.78, 5) is 12.8. The number of carbonyl (C=O) groups excluding carboxylic acids is 1. The predicted molar refractivity (Wildman–Crippen MR) is 101 cm³/mol. The molecule has 0 saturated heterocycles. The van der Waals surface area contributed by atoms with E-state index in [2.05, 4.69) is 37.6 Å². The van der Waals surface area contributed by atoms with Crippen LogP contribution in [0, 0.1) is 11.8 Å². The zero-order chi connectivity index (χ0) is 17.3. The number of fused-ring (bicyclic) bond motifs is 1. The van der Waals surface area contributed by atoms with E-state index in [-0.39, 0.29) is 11.7 Å². The second-order valence-electron chi connectivity index (χ2n) is 6.90. The summed E-state index contributed by atoms with van der Waals surface area (Å²) in [6.45, 7) is 12.4. The third kappa shape index (κ3) is 3.01. The normalized spacial score (nSPS) is 23.8. The maximum absolute atomic E-state index is 12.8. The van der Waals surface area contributed by atoms with Crippen LogP contribution in [0.25, 0.3) is 11.1 Å². The summed E-state index contributed by atoms with van der Waals surface area (Å²) in [6, 6.07) is 7.94. The van der Waals surface area contributed by atoms with Gasteiger partial charge in [0.2, 0.25) is 5.78 Å². The molecular weight excluding hydrogens is 294 g/mol. The van der Waals surface area contributed by atoms with Gasteiger partial charge in [-0.05, 0) is 42.4 Å². The number of hydrogen-bond acceptors (Lipinski definition) is 2. The summed E-state index contributed by atoms with van der Waals surface area (Å²) < 4.78 is 0. The Bertz CT molecular complexity index is 766. The van der Waals surface area contributed by atoms with Gasteiger partial charge in [0, 0.05) is 17.2 Å². The molecule has 2 aliphatic rings. The summed E-state index contributed by atoms with van der Waals surface area (Å²) >= 11 is 0. The molecule has 0 aliphatic heterocycles. The second-order valence-corrected chi connectivity index (χ2v) is 6.90. The molecule has 0 bridgehead atoms. The van der Waals surface area contributed by atoms with Crippen molar-refractivity contribution in [2.24, 2.45) is 11.8 Å². The number of Topliss-reactive ketones (excluding diaryl/α,β-unsaturated/α-hetero) is 1. The lowest BCUT2D eigenvalue weighted by Gasteiger charge is -2.25. The summed E-state index contributed by atoms with van der Waals surface area (Å²) in [7, 11) is 0. The van der Waals surface area contributed by atoms with Gasteiger partial charge in [0.15, 0.2) is 0 Å². The van der Waals surface area contributed by atoms with E-state index in [9.17, 15) is 4.79 Å². The molecule has 0 spiro atoms. The van der Waals surface area contributed by atoms with Crippen molar-refractivity contribution in [2.45, 2.75) is 33.1 Å². The minimum Gasteiger partial charge on any atom is -0.355 e. The average molecular weight is 319 g/mol. The standard InChI is InChI=1S/C22H25NO/c1-14-8-7-9-18(13-12-14)17(4)23-21-15(2)19-10-5-6-11-20(19)16(3)22(21)24/h5-6,10-14,18,23H,3-4,7-9H2,1-2H3. The van der Waals surface area contributed by atoms with Crippen LogP contribution in [0.1, 0.15) is 44.2 Å². The first-order valence-corrected chi connectivity index (χ1v) is 8.67. The van der Waals surface area contributed by atoms with E-state index in [0.717, 1.165) is 28.8 Å². The van der Waals surface area contributed by atoms with Crippen LogP contribution in [0.3, 0.4) is 0 Å². The molecule has 2 heteroatoms. The van der Waals surface area contributed by atoms with E-state index >= 15 is 0 Å². The number of hydrogen-bond donors (Lipinski definition) is 1. The monoisotopic (exact) mass is 319 g/mol. The van der Waals surface area contributed by atoms with Gasteiger partial charge in [-0.3, -0.25) is 4.79 Å². The lowest BCUT2D eigenvalue weighted by molar-refractivity contribution is -0.110. The average Bonchev–Trinajstić information content (AvgIpc) is 2.81. The zero-order valence-corrected chi connectivity index (χ0v) is 14.6. The fourth-order valence-corrected chi connectivity index (χ4v) is 3.52. The van der Waals surface area contributed by atoms with Gasteiger partial charge in [-0.15, -0.1) is 0 Å². The van der Waals surface area contributed by atoms with E-state index in [1.807, 2.05) is 31.2 Å². The van der Waals surface area contributed by atoms with Crippen molar-refractivity contribution in [3.63, 3.8) is 0 Å². The molecular formula is C22H25NO. The second kappa shape index (κ2) is 6.64. The van der Waals surface area contributed by atoms with Gasteiger partial charge in [-0.25, -0.2) is 0 Å². The number of nitrogens with one attached hydrogen (secondary N) is 1. The van der Waals surface area contributed by atoms with Gasteiger partial charge >= 0.3 is 0 Å². The number of ketones is 1. The van der Waals surface area contributed by atoms with Crippen molar-refractivity contribution in [3.05, 3.63) is 72.1 Å². The Hall–Kier alpha value is -2.35. The molecule has 0 aromatic heterocycles. The van der Waals surface area contributed by atoms with Crippen molar-refractivity contribution < 1.29 is 4.79 Å². The molecule has 0 saturated carbocycles. The van der Waals surface area contributed by atoms with Crippen LogP contribution in [0.5, 0.6) is 0 Å². The van der Waals surface area contributed by atoms with Crippen LogP contribution in [0.15, 0.2) is 61.0 Å². The van der Waals surface area contributed by atoms with E-state index < -0.39 is 0 Å². The first-order chi connectivity index (χ1) is 11.5. The summed E-state index contributed by atoms with van der Waals surface area (Å²) in [5.41, 5.74) is 5.04. The Morgan fingerprint density at radius 3 is 2.62 bits per heavy atom. The smallest absolute Gasteiger partial charge is 0.209 e. The molecule has 0 amide bonds. The highest BCUT2D eigenvalue weighted by Crippen LogP contribution is 2.34. The van der Waals surface area contributed by atoms with E-state index in [0.29, 0.717) is 17.2 Å². The van der Waals surface area contributed by atoms with E-state index in [1.54, 1.807) is 0 Å². The maximum atomic E-state index is 12.8. The van der Waals surface area contributed by atoms with Crippen molar-refractivity contribution in [2.75, 3.05) is 0 Å². The van der Waals surface area contributed by atoms with Crippen molar-refractivity contribution >= 4 is 16.9 Å². The Kier molecular flexibility index (Phi) is 4.57. The molecule has 0 fully saturated rings. The fourth-order valence-electron chi connectivity index (χ4n) is 3.52. The zero-order valence-electron chi connectivity index (χ0n) is 14.6. The van der Waals surface area contributed by atoms with Crippen LogP contribution < -0.4 is 5.32 Å². The molecule has 1 N–H and O–H groups in total. The van der Waals surface area contributed by atoms with Gasteiger partial charge in [-0.1, -0.05) is 62.9 Å². The molecule has 2 atom stereocenters. The van der Waals surface area contributed by atoms with Gasteiger partial charge < -0.3 is 5.32 Å². The summed E-state index contributed by atoms with van der Waals surface area (Å²) in [6.07, 6.45) is 7.97. The SMILES string of the molecule is C=C1C(=O)C(NC(=C)C2C=CC(C)CCC2)=C(C)c2ccccc21. The molecule has 2 unspecified atom stereocenters. The van der Waals surface area contributed by atoms with Crippen molar-refractivity contribution in [3.8, 4) is 0 Å². The number of benzene rings is 1. The number of rotatable bonds is 3. The molecule has 1 aromatic rings. The van der Waals surface area contributed by atoms with Gasteiger partial charge in [0.25, 0.3) is 0 Å². The van der Waals surface area contributed by atoms with Crippen LogP contribution in [-0.2, 0) is 4.79 Å². The highest BCUT2D eigenvalue weighted by Gasteiger charge is 2.27. The highest BCUT2D eigenvalue weighted by molar-refractivity contribution is 6.33. The minimum absolute atomic E-state index is 0.0293.